The fourth-order valence-electron chi connectivity index (χ4n) is 8.29. The van der Waals surface area contributed by atoms with Crippen LogP contribution in [0, 0.1) is 47.3 Å². The molecule has 3 unspecified atom stereocenters. The van der Waals surface area contributed by atoms with Crippen LogP contribution in [0.25, 0.3) is 0 Å². The van der Waals surface area contributed by atoms with Crippen molar-refractivity contribution in [1.82, 2.24) is 0 Å². The molecule has 0 aromatic carbocycles. The van der Waals surface area contributed by atoms with Crippen molar-refractivity contribution in [3.63, 3.8) is 0 Å². The van der Waals surface area contributed by atoms with Crippen molar-refractivity contribution in [3.05, 3.63) is 0 Å². The molecule has 1 heteroatoms. The SMILES string of the molecule is CCCC1CCC(C2CCC(C3CCC(C4CCC(C)CC4)CC3)CC2F)CC1. The average Bonchev–Trinajstić information content (AvgIpc) is 2.75. The van der Waals surface area contributed by atoms with Gasteiger partial charge in [0.15, 0.2) is 0 Å². The van der Waals surface area contributed by atoms with Gasteiger partial charge >= 0.3 is 0 Å². The zero-order valence-corrected chi connectivity index (χ0v) is 19.6. The molecule has 0 N–H and O–H groups in total. The molecular formula is C28H49F. The second-order valence-corrected chi connectivity index (χ2v) is 12.0. The van der Waals surface area contributed by atoms with Gasteiger partial charge in [0.05, 0.1) is 0 Å². The van der Waals surface area contributed by atoms with E-state index in [0.717, 1.165) is 36.0 Å². The number of rotatable bonds is 5. The third-order valence-corrected chi connectivity index (χ3v) is 10.3. The first-order valence-corrected chi connectivity index (χ1v) is 13.8. The summed E-state index contributed by atoms with van der Waals surface area (Å²) in [6, 6.07) is 0. The zero-order valence-electron chi connectivity index (χ0n) is 19.6. The molecule has 0 aromatic rings. The quantitative estimate of drug-likeness (QED) is 0.429. The van der Waals surface area contributed by atoms with E-state index in [1.54, 1.807) is 0 Å². The lowest BCUT2D eigenvalue weighted by Gasteiger charge is -2.44. The molecule has 4 fully saturated rings. The Balaban J connectivity index is 1.19. The van der Waals surface area contributed by atoms with Gasteiger partial charge in [-0.15, -0.1) is 0 Å². The van der Waals surface area contributed by atoms with Crippen LogP contribution in [0.15, 0.2) is 0 Å². The van der Waals surface area contributed by atoms with Gasteiger partial charge in [-0.05, 0) is 118 Å². The zero-order chi connectivity index (χ0) is 20.2. The summed E-state index contributed by atoms with van der Waals surface area (Å²) < 4.78 is 15.3. The van der Waals surface area contributed by atoms with Crippen molar-refractivity contribution in [2.45, 2.75) is 129 Å². The number of hydrogen-bond donors (Lipinski definition) is 0. The maximum Gasteiger partial charge on any atom is 0.103 e. The Morgan fingerprint density at radius 3 is 1.62 bits per heavy atom. The van der Waals surface area contributed by atoms with Gasteiger partial charge in [0, 0.05) is 0 Å². The summed E-state index contributed by atoms with van der Waals surface area (Å²) in [6.45, 7) is 4.75. The monoisotopic (exact) mass is 404 g/mol. The molecule has 29 heavy (non-hydrogen) atoms. The van der Waals surface area contributed by atoms with Crippen LogP contribution in [0.5, 0.6) is 0 Å². The van der Waals surface area contributed by atoms with E-state index in [1.165, 1.54) is 103 Å². The highest BCUT2D eigenvalue weighted by Crippen LogP contribution is 2.49. The Morgan fingerprint density at radius 1 is 0.586 bits per heavy atom. The van der Waals surface area contributed by atoms with Crippen LogP contribution in [0.4, 0.5) is 4.39 Å². The molecule has 0 bridgehead atoms. The van der Waals surface area contributed by atoms with Crippen LogP contribution in [0.1, 0.15) is 123 Å². The molecule has 0 spiro atoms. The van der Waals surface area contributed by atoms with Crippen molar-refractivity contribution in [1.29, 1.82) is 0 Å². The summed E-state index contributed by atoms with van der Waals surface area (Å²) in [4.78, 5) is 0. The Hall–Kier alpha value is -0.0700. The van der Waals surface area contributed by atoms with Crippen molar-refractivity contribution >= 4 is 0 Å². The van der Waals surface area contributed by atoms with Gasteiger partial charge < -0.3 is 0 Å². The molecule has 0 heterocycles. The van der Waals surface area contributed by atoms with Crippen LogP contribution in [-0.4, -0.2) is 6.17 Å². The van der Waals surface area contributed by atoms with Crippen LogP contribution >= 0.6 is 0 Å². The van der Waals surface area contributed by atoms with Crippen molar-refractivity contribution in [2.75, 3.05) is 0 Å². The Labute approximate surface area is 181 Å². The standard InChI is InChI=1S/C28H49F/c1-3-4-21-7-11-25(12-8-21)27-18-17-26(19-28(27)29)24-15-13-23(14-16-24)22-9-5-20(2)6-10-22/h20-28H,3-19H2,1-2H3. The van der Waals surface area contributed by atoms with E-state index in [2.05, 4.69) is 13.8 Å². The molecule has 0 aliphatic heterocycles. The first-order chi connectivity index (χ1) is 14.1. The van der Waals surface area contributed by atoms with Crippen LogP contribution in [0.2, 0.25) is 0 Å². The van der Waals surface area contributed by atoms with Gasteiger partial charge in [-0.3, -0.25) is 0 Å². The molecule has 4 rings (SSSR count). The molecule has 4 saturated carbocycles. The minimum atomic E-state index is -0.487. The van der Waals surface area contributed by atoms with Crippen LogP contribution in [0.3, 0.4) is 0 Å². The smallest absolute Gasteiger partial charge is 0.103 e. The molecule has 0 aromatic heterocycles. The highest BCUT2D eigenvalue weighted by Gasteiger charge is 2.40. The van der Waals surface area contributed by atoms with Gasteiger partial charge in [-0.2, -0.15) is 0 Å². The number of alkyl halides is 1. The third-order valence-electron chi connectivity index (χ3n) is 10.3. The third kappa shape index (κ3) is 5.60. The van der Waals surface area contributed by atoms with E-state index in [0.29, 0.717) is 17.8 Å². The van der Waals surface area contributed by atoms with E-state index in [-0.39, 0.29) is 0 Å². The second kappa shape index (κ2) is 10.5. The highest BCUT2D eigenvalue weighted by molar-refractivity contribution is 4.91. The first-order valence-electron chi connectivity index (χ1n) is 13.8. The molecule has 0 amide bonds. The molecule has 0 nitrogen and oxygen atoms in total. The predicted molar refractivity (Wildman–Crippen MR) is 123 cm³/mol. The minimum absolute atomic E-state index is 0.411. The topological polar surface area (TPSA) is 0 Å². The highest BCUT2D eigenvalue weighted by atomic mass is 19.1. The first kappa shape index (κ1) is 22.1. The normalized spacial score (nSPS) is 47.1. The molecule has 0 saturated heterocycles. The van der Waals surface area contributed by atoms with E-state index < -0.39 is 6.17 Å². The van der Waals surface area contributed by atoms with E-state index in [1.807, 2.05) is 0 Å². The Bertz CT molecular complexity index is 463. The van der Waals surface area contributed by atoms with Crippen LogP contribution in [-0.2, 0) is 0 Å². The Kier molecular flexibility index (Phi) is 8.01. The average molecular weight is 405 g/mol. The molecule has 168 valence electrons. The molecular weight excluding hydrogens is 355 g/mol. The summed E-state index contributed by atoms with van der Waals surface area (Å²) in [5, 5.41) is 0. The lowest BCUT2D eigenvalue weighted by atomic mass is 9.62. The van der Waals surface area contributed by atoms with Gasteiger partial charge in [0.25, 0.3) is 0 Å². The maximum absolute atomic E-state index is 15.3. The minimum Gasteiger partial charge on any atom is -0.247 e. The van der Waals surface area contributed by atoms with Gasteiger partial charge in [0.1, 0.15) is 6.17 Å². The lowest BCUT2D eigenvalue weighted by molar-refractivity contribution is 0.0284. The summed E-state index contributed by atoms with van der Waals surface area (Å²) in [5.74, 6) is 6.65. The van der Waals surface area contributed by atoms with Gasteiger partial charge in [-0.25, -0.2) is 4.39 Å². The summed E-state index contributed by atoms with van der Waals surface area (Å²) in [5.41, 5.74) is 0. The lowest BCUT2D eigenvalue weighted by Crippen LogP contribution is -2.37. The number of hydrogen-bond acceptors (Lipinski definition) is 0. The van der Waals surface area contributed by atoms with E-state index in [4.69, 9.17) is 0 Å². The van der Waals surface area contributed by atoms with Crippen molar-refractivity contribution in [2.24, 2.45) is 47.3 Å². The van der Waals surface area contributed by atoms with Crippen LogP contribution < -0.4 is 0 Å². The van der Waals surface area contributed by atoms with Gasteiger partial charge in [0.2, 0.25) is 0 Å². The molecule has 4 aliphatic rings. The summed E-state index contributed by atoms with van der Waals surface area (Å²) in [6.07, 6.45) is 22.8. The molecule has 3 atom stereocenters. The molecule has 0 radical (unpaired) electrons. The fourth-order valence-corrected chi connectivity index (χ4v) is 8.29. The number of halogens is 1. The maximum atomic E-state index is 15.3. The predicted octanol–water partition coefficient (Wildman–Crippen LogP) is 8.98. The van der Waals surface area contributed by atoms with Crippen molar-refractivity contribution < 1.29 is 4.39 Å². The second-order valence-electron chi connectivity index (χ2n) is 12.0. The van der Waals surface area contributed by atoms with Crippen molar-refractivity contribution in [3.8, 4) is 0 Å². The fraction of sp³-hybridized carbons (Fsp3) is 1.00. The largest absolute Gasteiger partial charge is 0.247 e. The Morgan fingerprint density at radius 2 is 1.07 bits per heavy atom. The van der Waals surface area contributed by atoms with E-state index in [9.17, 15) is 0 Å². The van der Waals surface area contributed by atoms with E-state index >= 15 is 4.39 Å². The molecule has 4 aliphatic carbocycles. The summed E-state index contributed by atoms with van der Waals surface area (Å²) in [7, 11) is 0. The van der Waals surface area contributed by atoms with Gasteiger partial charge in [-0.1, -0.05) is 52.4 Å². The summed E-state index contributed by atoms with van der Waals surface area (Å²) >= 11 is 0.